The van der Waals surface area contributed by atoms with Gasteiger partial charge in [-0.3, -0.25) is 0 Å². The quantitative estimate of drug-likeness (QED) is 0.550. The van der Waals surface area contributed by atoms with Gasteiger partial charge >= 0.3 is 0 Å². The SMILES string of the molecule is CC(COc1ccccc1)N=C(N)N(C)c1ccc2c3c(cccc13)CC2. The van der Waals surface area contributed by atoms with E-state index in [4.69, 9.17) is 10.5 Å². The van der Waals surface area contributed by atoms with E-state index in [2.05, 4.69) is 35.3 Å². The van der Waals surface area contributed by atoms with Gasteiger partial charge < -0.3 is 15.4 Å². The predicted molar refractivity (Wildman–Crippen MR) is 113 cm³/mol. The monoisotopic (exact) mass is 359 g/mol. The molecule has 1 atom stereocenters. The number of aliphatic imine (C=N–C) groups is 1. The Morgan fingerprint density at radius 1 is 1.04 bits per heavy atom. The number of nitrogens with two attached hydrogens (primary N) is 1. The molecule has 0 radical (unpaired) electrons. The van der Waals surface area contributed by atoms with E-state index in [-0.39, 0.29) is 6.04 Å². The third kappa shape index (κ3) is 3.47. The summed E-state index contributed by atoms with van der Waals surface area (Å²) in [5.41, 5.74) is 10.3. The fraction of sp³-hybridized carbons (Fsp3) is 0.261. The van der Waals surface area contributed by atoms with Gasteiger partial charge in [0.2, 0.25) is 0 Å². The Morgan fingerprint density at radius 3 is 2.56 bits per heavy atom. The summed E-state index contributed by atoms with van der Waals surface area (Å²) >= 11 is 0. The largest absolute Gasteiger partial charge is 0.491 e. The maximum Gasteiger partial charge on any atom is 0.195 e. The zero-order valence-electron chi connectivity index (χ0n) is 15.9. The highest BCUT2D eigenvalue weighted by molar-refractivity contribution is 6.06. The lowest BCUT2D eigenvalue weighted by Crippen LogP contribution is -2.35. The van der Waals surface area contributed by atoms with Gasteiger partial charge in [0.15, 0.2) is 5.96 Å². The summed E-state index contributed by atoms with van der Waals surface area (Å²) in [4.78, 5) is 6.60. The second kappa shape index (κ2) is 7.31. The Morgan fingerprint density at radius 2 is 1.78 bits per heavy atom. The molecule has 3 aromatic carbocycles. The lowest BCUT2D eigenvalue weighted by molar-refractivity contribution is 0.297. The zero-order valence-corrected chi connectivity index (χ0v) is 15.9. The van der Waals surface area contributed by atoms with E-state index >= 15 is 0 Å². The molecule has 0 fully saturated rings. The minimum atomic E-state index is -0.0376. The normalized spacial score (nSPS) is 14.4. The summed E-state index contributed by atoms with van der Waals surface area (Å²) in [5.74, 6) is 1.34. The molecule has 4 nitrogen and oxygen atoms in total. The third-order valence-electron chi connectivity index (χ3n) is 5.15. The molecule has 3 aromatic rings. The number of hydrogen-bond donors (Lipinski definition) is 1. The van der Waals surface area contributed by atoms with Crippen molar-refractivity contribution in [2.75, 3.05) is 18.6 Å². The summed E-state index contributed by atoms with van der Waals surface area (Å²) in [6.45, 7) is 2.50. The number of hydrogen-bond acceptors (Lipinski definition) is 2. The molecular weight excluding hydrogens is 334 g/mol. The van der Waals surface area contributed by atoms with Crippen LogP contribution in [-0.2, 0) is 12.8 Å². The van der Waals surface area contributed by atoms with Crippen molar-refractivity contribution in [2.24, 2.45) is 10.7 Å². The second-order valence-corrected chi connectivity index (χ2v) is 7.10. The van der Waals surface area contributed by atoms with E-state index in [9.17, 15) is 0 Å². The first-order valence-electron chi connectivity index (χ1n) is 9.42. The third-order valence-corrected chi connectivity index (χ3v) is 5.15. The van der Waals surface area contributed by atoms with Crippen LogP contribution in [0.3, 0.4) is 0 Å². The number of ether oxygens (including phenoxy) is 1. The van der Waals surface area contributed by atoms with Gasteiger partial charge in [-0.15, -0.1) is 0 Å². The van der Waals surface area contributed by atoms with E-state index in [1.165, 1.54) is 21.9 Å². The van der Waals surface area contributed by atoms with Crippen LogP contribution >= 0.6 is 0 Å². The van der Waals surface area contributed by atoms with Crippen molar-refractivity contribution in [2.45, 2.75) is 25.8 Å². The topological polar surface area (TPSA) is 50.9 Å². The molecule has 0 aliphatic heterocycles. The average Bonchev–Trinajstić information content (AvgIpc) is 3.12. The minimum absolute atomic E-state index is 0.0376. The second-order valence-electron chi connectivity index (χ2n) is 7.10. The predicted octanol–water partition coefficient (Wildman–Crippen LogP) is 4.16. The highest BCUT2D eigenvalue weighted by atomic mass is 16.5. The van der Waals surface area contributed by atoms with Crippen molar-refractivity contribution in [3.63, 3.8) is 0 Å². The van der Waals surface area contributed by atoms with Crippen LogP contribution < -0.4 is 15.4 Å². The van der Waals surface area contributed by atoms with Crippen molar-refractivity contribution < 1.29 is 4.74 Å². The lowest BCUT2D eigenvalue weighted by Gasteiger charge is -2.22. The number of benzene rings is 3. The van der Waals surface area contributed by atoms with Crippen LogP contribution in [0.1, 0.15) is 18.1 Å². The van der Waals surface area contributed by atoms with Crippen LogP contribution in [0.15, 0.2) is 65.7 Å². The Labute approximate surface area is 160 Å². The molecule has 0 saturated carbocycles. The molecule has 0 bridgehead atoms. The summed E-state index contributed by atoms with van der Waals surface area (Å²) < 4.78 is 5.78. The molecule has 0 heterocycles. The van der Waals surface area contributed by atoms with Crippen LogP contribution in [0, 0.1) is 0 Å². The fourth-order valence-electron chi connectivity index (χ4n) is 3.73. The molecule has 27 heavy (non-hydrogen) atoms. The first-order chi connectivity index (χ1) is 13.1. The first kappa shape index (κ1) is 17.4. The summed E-state index contributed by atoms with van der Waals surface area (Å²) in [6.07, 6.45) is 2.24. The molecule has 4 rings (SSSR count). The van der Waals surface area contributed by atoms with E-state index in [0.29, 0.717) is 12.6 Å². The average molecular weight is 359 g/mol. The lowest BCUT2D eigenvalue weighted by atomic mass is 10.0. The van der Waals surface area contributed by atoms with E-state index in [1.807, 2.05) is 49.2 Å². The highest BCUT2D eigenvalue weighted by Crippen LogP contribution is 2.36. The van der Waals surface area contributed by atoms with Crippen LogP contribution in [-0.4, -0.2) is 25.7 Å². The summed E-state index contributed by atoms with van der Waals surface area (Å²) in [7, 11) is 1.97. The number of aryl methyl sites for hydroxylation is 2. The van der Waals surface area contributed by atoms with Gasteiger partial charge in [-0.1, -0.05) is 42.5 Å². The van der Waals surface area contributed by atoms with Crippen molar-refractivity contribution in [3.05, 3.63) is 71.8 Å². The molecule has 0 saturated heterocycles. The van der Waals surface area contributed by atoms with Crippen LogP contribution in [0.4, 0.5) is 5.69 Å². The molecule has 4 heteroatoms. The van der Waals surface area contributed by atoms with Gasteiger partial charge in [0.25, 0.3) is 0 Å². The van der Waals surface area contributed by atoms with Crippen LogP contribution in [0.25, 0.3) is 10.8 Å². The minimum Gasteiger partial charge on any atom is -0.491 e. The van der Waals surface area contributed by atoms with E-state index in [1.54, 1.807) is 0 Å². The van der Waals surface area contributed by atoms with E-state index in [0.717, 1.165) is 24.3 Å². The molecular formula is C23H25N3O. The molecule has 138 valence electrons. The Bertz CT molecular complexity index is 971. The molecule has 0 aromatic heterocycles. The molecule has 1 aliphatic carbocycles. The Balaban J connectivity index is 1.53. The molecule has 1 aliphatic rings. The highest BCUT2D eigenvalue weighted by Gasteiger charge is 2.18. The molecule has 2 N–H and O–H groups in total. The van der Waals surface area contributed by atoms with Gasteiger partial charge in [0, 0.05) is 12.4 Å². The number of guanidine groups is 1. The summed E-state index contributed by atoms with van der Waals surface area (Å²) in [6, 6.07) is 20.6. The van der Waals surface area contributed by atoms with Gasteiger partial charge in [0.05, 0.1) is 11.7 Å². The van der Waals surface area contributed by atoms with Crippen molar-refractivity contribution in [1.82, 2.24) is 0 Å². The van der Waals surface area contributed by atoms with Gasteiger partial charge in [-0.25, -0.2) is 4.99 Å². The Kier molecular flexibility index (Phi) is 4.71. The van der Waals surface area contributed by atoms with Crippen molar-refractivity contribution in [3.8, 4) is 5.75 Å². The first-order valence-corrected chi connectivity index (χ1v) is 9.42. The maximum atomic E-state index is 6.32. The zero-order chi connectivity index (χ0) is 18.8. The van der Waals surface area contributed by atoms with Crippen LogP contribution in [0.2, 0.25) is 0 Å². The molecule has 0 spiro atoms. The molecule has 0 amide bonds. The van der Waals surface area contributed by atoms with Gasteiger partial charge in [-0.2, -0.15) is 0 Å². The van der Waals surface area contributed by atoms with Crippen LogP contribution in [0.5, 0.6) is 5.75 Å². The van der Waals surface area contributed by atoms with Crippen molar-refractivity contribution in [1.29, 1.82) is 0 Å². The smallest absolute Gasteiger partial charge is 0.195 e. The number of para-hydroxylation sites is 1. The number of nitrogens with zero attached hydrogens (tertiary/aromatic N) is 2. The number of rotatable bonds is 5. The Hall–Kier alpha value is -3.01. The summed E-state index contributed by atoms with van der Waals surface area (Å²) in [5, 5.41) is 2.63. The fourth-order valence-corrected chi connectivity index (χ4v) is 3.73. The van der Waals surface area contributed by atoms with Crippen molar-refractivity contribution >= 4 is 22.4 Å². The molecule has 1 unspecified atom stereocenters. The standard InChI is InChI=1S/C23H25N3O/c1-16(15-27-19-8-4-3-5-9-19)25-23(24)26(2)21-14-13-18-12-11-17-7-6-10-20(21)22(17)18/h3-10,13-14,16H,11-12,15H2,1-2H3,(H2,24,25). The van der Waals surface area contributed by atoms with E-state index < -0.39 is 0 Å². The maximum absolute atomic E-state index is 6.32. The number of anilines is 1. The van der Waals surface area contributed by atoms with Gasteiger partial charge in [-0.05, 0) is 54.5 Å². The van der Waals surface area contributed by atoms with Gasteiger partial charge in [0.1, 0.15) is 12.4 Å².